The third kappa shape index (κ3) is 4.92. The second-order valence-electron chi connectivity index (χ2n) is 7.30. The van der Waals surface area contributed by atoms with Gasteiger partial charge in [0.15, 0.2) is 11.2 Å². The number of ether oxygens (including phenoxy) is 1. The molecular weight excluding hydrogens is 358 g/mol. The maximum atomic E-state index is 12.4. The van der Waals surface area contributed by atoms with Crippen LogP contribution < -0.4 is 10.1 Å². The zero-order chi connectivity index (χ0) is 19.4. The smallest absolute Gasteiger partial charge is 0.266 e. The van der Waals surface area contributed by atoms with Gasteiger partial charge in [0.05, 0.1) is 5.69 Å². The van der Waals surface area contributed by atoms with Crippen LogP contribution in [-0.2, 0) is 10.2 Å². The second kappa shape index (κ2) is 7.88. The highest BCUT2D eigenvalue weighted by molar-refractivity contribution is 7.14. The summed E-state index contributed by atoms with van der Waals surface area (Å²) in [7, 11) is 0. The summed E-state index contributed by atoms with van der Waals surface area (Å²) < 4.78 is 5.76. The van der Waals surface area contributed by atoms with E-state index in [2.05, 4.69) is 36.1 Å². The highest BCUT2D eigenvalue weighted by atomic mass is 32.1. The summed E-state index contributed by atoms with van der Waals surface area (Å²) in [5, 5.41) is 5.24. The van der Waals surface area contributed by atoms with E-state index >= 15 is 0 Å². The van der Waals surface area contributed by atoms with Gasteiger partial charge in [0.2, 0.25) is 0 Å². The Kier molecular flexibility index (Phi) is 5.56. The van der Waals surface area contributed by atoms with E-state index in [1.807, 2.05) is 41.8 Å². The third-order valence-electron chi connectivity index (χ3n) is 4.09. The summed E-state index contributed by atoms with van der Waals surface area (Å²) in [4.78, 5) is 20.9. The number of carbonyl (C=O) groups is 1. The fourth-order valence-corrected chi connectivity index (χ4v) is 3.20. The monoisotopic (exact) mass is 381 g/mol. The van der Waals surface area contributed by atoms with Crippen LogP contribution in [0.2, 0.25) is 0 Å². The molecule has 1 amide bonds. The molecule has 140 valence electrons. The molecule has 27 heavy (non-hydrogen) atoms. The van der Waals surface area contributed by atoms with Crippen molar-refractivity contribution in [3.8, 4) is 17.0 Å². The van der Waals surface area contributed by atoms with Crippen molar-refractivity contribution in [2.45, 2.75) is 39.2 Å². The second-order valence-corrected chi connectivity index (χ2v) is 8.16. The van der Waals surface area contributed by atoms with Gasteiger partial charge < -0.3 is 4.74 Å². The molecule has 2 heterocycles. The van der Waals surface area contributed by atoms with Crippen LogP contribution in [0.25, 0.3) is 11.3 Å². The van der Waals surface area contributed by atoms with Crippen molar-refractivity contribution in [2.75, 3.05) is 5.32 Å². The number of pyridine rings is 1. The number of aromatic nitrogens is 2. The third-order valence-corrected chi connectivity index (χ3v) is 4.85. The molecule has 1 atom stereocenters. The summed E-state index contributed by atoms with van der Waals surface area (Å²) in [6.45, 7) is 8.20. The van der Waals surface area contributed by atoms with Crippen molar-refractivity contribution in [2.24, 2.45) is 0 Å². The molecular formula is C21H23N3O2S. The van der Waals surface area contributed by atoms with Gasteiger partial charge in [-0.05, 0) is 42.2 Å². The van der Waals surface area contributed by atoms with Gasteiger partial charge in [-0.25, -0.2) is 4.98 Å². The number of nitrogens with one attached hydrogen (secondary N) is 1. The number of anilines is 1. The molecule has 0 bridgehead atoms. The normalized spacial score (nSPS) is 12.4. The minimum Gasteiger partial charge on any atom is -0.481 e. The first-order valence-corrected chi connectivity index (χ1v) is 9.65. The molecule has 3 rings (SSSR count). The lowest BCUT2D eigenvalue weighted by molar-refractivity contribution is -0.122. The van der Waals surface area contributed by atoms with Crippen LogP contribution in [0, 0.1) is 0 Å². The van der Waals surface area contributed by atoms with Crippen molar-refractivity contribution < 1.29 is 9.53 Å². The average Bonchev–Trinajstić information content (AvgIpc) is 3.10. The molecule has 0 saturated carbocycles. The Hall–Kier alpha value is -2.73. The predicted molar refractivity (Wildman–Crippen MR) is 109 cm³/mol. The van der Waals surface area contributed by atoms with Gasteiger partial charge in [-0.15, -0.1) is 11.3 Å². The van der Waals surface area contributed by atoms with Crippen LogP contribution >= 0.6 is 11.3 Å². The highest BCUT2D eigenvalue weighted by Gasteiger charge is 2.18. The van der Waals surface area contributed by atoms with E-state index in [-0.39, 0.29) is 11.3 Å². The number of thiazole rings is 1. The van der Waals surface area contributed by atoms with Gasteiger partial charge >= 0.3 is 0 Å². The number of rotatable bonds is 5. The Labute approximate surface area is 163 Å². The topological polar surface area (TPSA) is 64.1 Å². The van der Waals surface area contributed by atoms with E-state index in [4.69, 9.17) is 4.74 Å². The zero-order valence-electron chi connectivity index (χ0n) is 15.9. The first-order valence-electron chi connectivity index (χ1n) is 8.77. The molecule has 0 aliphatic carbocycles. The lowest BCUT2D eigenvalue weighted by Crippen LogP contribution is -2.30. The minimum atomic E-state index is -0.628. The van der Waals surface area contributed by atoms with Crippen LogP contribution in [0.5, 0.6) is 5.75 Å². The van der Waals surface area contributed by atoms with E-state index in [1.54, 1.807) is 19.3 Å². The van der Waals surface area contributed by atoms with E-state index in [9.17, 15) is 4.79 Å². The van der Waals surface area contributed by atoms with Crippen molar-refractivity contribution in [3.05, 3.63) is 59.7 Å². The molecule has 0 fully saturated rings. The number of nitrogens with zero attached hydrogens (tertiary/aromatic N) is 2. The lowest BCUT2D eigenvalue weighted by atomic mass is 9.87. The van der Waals surface area contributed by atoms with E-state index in [0.29, 0.717) is 10.9 Å². The van der Waals surface area contributed by atoms with Gasteiger partial charge in [0.25, 0.3) is 5.91 Å². The molecule has 5 nitrogen and oxygen atoms in total. The number of hydrogen-bond acceptors (Lipinski definition) is 5. The Morgan fingerprint density at radius 1 is 1.19 bits per heavy atom. The van der Waals surface area contributed by atoms with E-state index in [1.165, 1.54) is 16.9 Å². The minimum absolute atomic E-state index is 0.0817. The molecule has 6 heteroatoms. The zero-order valence-corrected chi connectivity index (χ0v) is 16.7. The van der Waals surface area contributed by atoms with Crippen molar-refractivity contribution in [1.82, 2.24) is 9.97 Å². The summed E-state index contributed by atoms with van der Waals surface area (Å²) >= 11 is 1.37. The highest BCUT2D eigenvalue weighted by Crippen LogP contribution is 2.26. The Bertz CT molecular complexity index is 899. The first-order chi connectivity index (χ1) is 12.8. The standard InChI is InChI=1S/C21H23N3O2S/c1-14(26-17-9-7-16(8-10-17)21(2,3)4)19(25)24-20-23-18(13-27-20)15-6-5-11-22-12-15/h5-14H,1-4H3,(H,23,24,25). The number of amides is 1. The van der Waals surface area contributed by atoms with Crippen LogP contribution in [0.4, 0.5) is 5.13 Å². The van der Waals surface area contributed by atoms with Crippen LogP contribution in [0.1, 0.15) is 33.3 Å². The van der Waals surface area contributed by atoms with Crippen LogP contribution in [-0.4, -0.2) is 22.0 Å². The van der Waals surface area contributed by atoms with Crippen LogP contribution in [0.3, 0.4) is 0 Å². The fraction of sp³-hybridized carbons (Fsp3) is 0.286. The largest absolute Gasteiger partial charge is 0.481 e. The van der Waals surface area contributed by atoms with Crippen molar-refractivity contribution >= 4 is 22.4 Å². The molecule has 0 aliphatic heterocycles. The Morgan fingerprint density at radius 2 is 1.93 bits per heavy atom. The molecule has 1 N–H and O–H groups in total. The Balaban J connectivity index is 1.60. The SMILES string of the molecule is CC(Oc1ccc(C(C)(C)C)cc1)C(=O)Nc1nc(-c2cccnc2)cs1. The predicted octanol–water partition coefficient (Wildman–Crippen LogP) is 4.91. The first kappa shape index (κ1) is 19.0. The summed E-state index contributed by atoms with van der Waals surface area (Å²) in [6.07, 6.45) is 2.83. The summed E-state index contributed by atoms with van der Waals surface area (Å²) in [5.74, 6) is 0.433. The molecule has 2 aromatic heterocycles. The molecule has 0 spiro atoms. The van der Waals surface area contributed by atoms with Gasteiger partial charge in [0.1, 0.15) is 5.75 Å². The van der Waals surface area contributed by atoms with Gasteiger partial charge in [0, 0.05) is 23.3 Å². The Morgan fingerprint density at radius 3 is 2.56 bits per heavy atom. The van der Waals surface area contributed by atoms with Crippen LogP contribution in [0.15, 0.2) is 54.2 Å². The average molecular weight is 382 g/mol. The van der Waals surface area contributed by atoms with Gasteiger partial charge in [-0.2, -0.15) is 0 Å². The molecule has 1 unspecified atom stereocenters. The molecule has 3 aromatic rings. The van der Waals surface area contributed by atoms with Gasteiger partial charge in [-0.1, -0.05) is 32.9 Å². The van der Waals surface area contributed by atoms with E-state index < -0.39 is 6.10 Å². The molecule has 1 aromatic carbocycles. The maximum Gasteiger partial charge on any atom is 0.266 e. The lowest BCUT2D eigenvalue weighted by Gasteiger charge is -2.20. The quantitative estimate of drug-likeness (QED) is 0.682. The maximum absolute atomic E-state index is 12.4. The number of carbonyl (C=O) groups excluding carboxylic acids is 1. The summed E-state index contributed by atoms with van der Waals surface area (Å²) in [6, 6.07) is 11.6. The molecule has 0 radical (unpaired) electrons. The molecule has 0 aliphatic rings. The van der Waals surface area contributed by atoms with Crippen molar-refractivity contribution in [1.29, 1.82) is 0 Å². The van der Waals surface area contributed by atoms with Crippen molar-refractivity contribution in [3.63, 3.8) is 0 Å². The van der Waals surface area contributed by atoms with Gasteiger partial charge in [-0.3, -0.25) is 15.1 Å². The molecule has 0 saturated heterocycles. The fourth-order valence-electron chi connectivity index (χ4n) is 2.48. The van der Waals surface area contributed by atoms with E-state index in [0.717, 1.165) is 11.3 Å². The number of hydrogen-bond donors (Lipinski definition) is 1. The summed E-state index contributed by atoms with van der Waals surface area (Å²) in [5.41, 5.74) is 3.00. The number of benzene rings is 1.